The monoisotopic (exact) mass is 355 g/mol. The fraction of sp³-hybridized carbons (Fsp3) is 0.500. The van der Waals surface area contributed by atoms with Gasteiger partial charge in [-0.3, -0.25) is 9.59 Å². The zero-order chi connectivity index (χ0) is 18.2. The molecule has 0 saturated heterocycles. The second kappa shape index (κ2) is 9.39. The molecule has 0 aliphatic rings. The maximum absolute atomic E-state index is 11.8. The Morgan fingerprint density at radius 3 is 1.96 bits per heavy atom. The van der Waals surface area contributed by atoms with E-state index in [-0.39, 0.29) is 36.5 Å². The summed E-state index contributed by atoms with van der Waals surface area (Å²) in [6.45, 7) is 5.53. The minimum absolute atomic E-state index is 0.0153. The molecule has 0 saturated carbocycles. The van der Waals surface area contributed by atoms with Gasteiger partial charge in [0.25, 0.3) is 0 Å². The summed E-state index contributed by atoms with van der Waals surface area (Å²) < 4.78 is 24.8. The molecule has 3 N–H and O–H groups in total. The molecule has 0 unspecified atom stereocenters. The number of rotatable bonds is 9. The standard InChI is InChI=1S/C16H25N3O4S/c1-4-24(22,23)17-10-9-15(20)18-13-5-7-14(8-6-13)19-16(21)11-12(2)3/h5-8,12,17H,4,9-11H2,1-3H3,(H,18,20)(H,19,21). The lowest BCUT2D eigenvalue weighted by atomic mass is 10.1. The van der Waals surface area contributed by atoms with Crippen molar-refractivity contribution < 1.29 is 18.0 Å². The third kappa shape index (κ3) is 8.07. The summed E-state index contributed by atoms with van der Waals surface area (Å²) in [6, 6.07) is 6.76. The third-order valence-electron chi connectivity index (χ3n) is 3.10. The predicted molar refractivity (Wildman–Crippen MR) is 95.2 cm³/mol. The van der Waals surface area contributed by atoms with Crippen LogP contribution >= 0.6 is 0 Å². The van der Waals surface area contributed by atoms with Crippen molar-refractivity contribution in [2.45, 2.75) is 33.6 Å². The number of anilines is 2. The van der Waals surface area contributed by atoms with Gasteiger partial charge in [0, 0.05) is 30.8 Å². The molecular weight excluding hydrogens is 330 g/mol. The van der Waals surface area contributed by atoms with Crippen LogP contribution in [-0.2, 0) is 19.6 Å². The van der Waals surface area contributed by atoms with E-state index in [9.17, 15) is 18.0 Å². The van der Waals surface area contributed by atoms with E-state index >= 15 is 0 Å². The second-order valence-electron chi connectivity index (χ2n) is 5.82. The first-order chi connectivity index (χ1) is 11.2. The highest BCUT2D eigenvalue weighted by molar-refractivity contribution is 7.89. The summed E-state index contributed by atoms with van der Waals surface area (Å²) in [5.74, 6) is -0.0670. The minimum Gasteiger partial charge on any atom is -0.326 e. The van der Waals surface area contributed by atoms with Gasteiger partial charge in [0.05, 0.1) is 5.75 Å². The fourth-order valence-corrected chi connectivity index (χ4v) is 2.48. The van der Waals surface area contributed by atoms with E-state index in [4.69, 9.17) is 0 Å². The van der Waals surface area contributed by atoms with Crippen molar-refractivity contribution in [3.63, 3.8) is 0 Å². The van der Waals surface area contributed by atoms with Crippen molar-refractivity contribution in [2.75, 3.05) is 22.9 Å². The highest BCUT2D eigenvalue weighted by atomic mass is 32.2. The predicted octanol–water partition coefficient (Wildman–Crippen LogP) is 1.94. The average molecular weight is 355 g/mol. The van der Waals surface area contributed by atoms with Gasteiger partial charge in [-0.2, -0.15) is 0 Å². The van der Waals surface area contributed by atoms with Crippen LogP contribution in [0.5, 0.6) is 0 Å². The van der Waals surface area contributed by atoms with Crippen molar-refractivity contribution in [1.29, 1.82) is 0 Å². The molecule has 0 aromatic heterocycles. The number of benzene rings is 1. The van der Waals surface area contributed by atoms with Crippen LogP contribution in [0.25, 0.3) is 0 Å². The molecule has 2 amide bonds. The van der Waals surface area contributed by atoms with Crippen LogP contribution in [0.3, 0.4) is 0 Å². The van der Waals surface area contributed by atoms with Gasteiger partial charge in [0.1, 0.15) is 0 Å². The molecule has 0 atom stereocenters. The van der Waals surface area contributed by atoms with Gasteiger partial charge in [-0.05, 0) is 37.1 Å². The van der Waals surface area contributed by atoms with E-state index in [0.717, 1.165) is 0 Å². The van der Waals surface area contributed by atoms with Crippen molar-refractivity contribution in [3.8, 4) is 0 Å². The van der Waals surface area contributed by atoms with E-state index in [1.54, 1.807) is 24.3 Å². The first-order valence-corrected chi connectivity index (χ1v) is 9.54. The zero-order valence-corrected chi connectivity index (χ0v) is 15.1. The molecule has 0 aliphatic heterocycles. The number of sulfonamides is 1. The van der Waals surface area contributed by atoms with Crippen LogP contribution < -0.4 is 15.4 Å². The Morgan fingerprint density at radius 1 is 1.00 bits per heavy atom. The Morgan fingerprint density at radius 2 is 1.50 bits per heavy atom. The molecule has 0 heterocycles. The van der Waals surface area contributed by atoms with Crippen molar-refractivity contribution in [2.24, 2.45) is 5.92 Å². The van der Waals surface area contributed by atoms with Gasteiger partial charge < -0.3 is 10.6 Å². The Labute approximate surface area is 143 Å². The summed E-state index contributed by atoms with van der Waals surface area (Å²) in [5.41, 5.74) is 1.24. The lowest BCUT2D eigenvalue weighted by molar-refractivity contribution is -0.117. The summed E-state index contributed by atoms with van der Waals surface area (Å²) >= 11 is 0. The lowest BCUT2D eigenvalue weighted by Crippen LogP contribution is -2.28. The van der Waals surface area contributed by atoms with Crippen molar-refractivity contribution in [3.05, 3.63) is 24.3 Å². The van der Waals surface area contributed by atoms with Crippen LogP contribution in [0.2, 0.25) is 0 Å². The first kappa shape index (κ1) is 20.1. The lowest BCUT2D eigenvalue weighted by Gasteiger charge is -2.09. The van der Waals surface area contributed by atoms with E-state index < -0.39 is 10.0 Å². The molecule has 0 fully saturated rings. The van der Waals surface area contributed by atoms with Gasteiger partial charge >= 0.3 is 0 Å². The van der Waals surface area contributed by atoms with Gasteiger partial charge in [0.2, 0.25) is 21.8 Å². The second-order valence-corrected chi connectivity index (χ2v) is 7.91. The summed E-state index contributed by atoms with van der Waals surface area (Å²) in [4.78, 5) is 23.4. The summed E-state index contributed by atoms with van der Waals surface area (Å²) in [6.07, 6.45) is 0.498. The molecule has 24 heavy (non-hydrogen) atoms. The normalized spacial score (nSPS) is 11.3. The number of amides is 2. The highest BCUT2D eigenvalue weighted by Gasteiger charge is 2.08. The Kier molecular flexibility index (Phi) is 7.87. The molecule has 1 aromatic rings. The van der Waals surface area contributed by atoms with Gasteiger partial charge in [-0.25, -0.2) is 13.1 Å². The smallest absolute Gasteiger partial charge is 0.225 e. The Bertz CT molecular complexity index is 654. The van der Waals surface area contributed by atoms with Crippen LogP contribution in [0.1, 0.15) is 33.6 Å². The minimum atomic E-state index is -3.28. The molecular formula is C16H25N3O4S. The number of nitrogens with one attached hydrogen (secondary N) is 3. The highest BCUT2D eigenvalue weighted by Crippen LogP contribution is 2.14. The Hall–Kier alpha value is -1.93. The Balaban J connectivity index is 2.43. The molecule has 0 aliphatic carbocycles. The molecule has 1 rings (SSSR count). The van der Waals surface area contributed by atoms with Crippen molar-refractivity contribution in [1.82, 2.24) is 4.72 Å². The number of carbonyl (C=O) groups excluding carboxylic acids is 2. The maximum Gasteiger partial charge on any atom is 0.225 e. The van der Waals surface area contributed by atoms with Crippen LogP contribution in [0.15, 0.2) is 24.3 Å². The first-order valence-electron chi connectivity index (χ1n) is 7.89. The van der Waals surface area contributed by atoms with Crippen molar-refractivity contribution >= 4 is 33.2 Å². The van der Waals surface area contributed by atoms with E-state index in [1.807, 2.05) is 13.8 Å². The molecule has 134 valence electrons. The maximum atomic E-state index is 11.8. The van der Waals surface area contributed by atoms with Gasteiger partial charge in [-0.15, -0.1) is 0 Å². The summed E-state index contributed by atoms with van der Waals surface area (Å²) in [5, 5.41) is 5.46. The van der Waals surface area contributed by atoms with E-state index in [0.29, 0.717) is 17.8 Å². The van der Waals surface area contributed by atoms with E-state index in [1.165, 1.54) is 6.92 Å². The van der Waals surface area contributed by atoms with Crippen LogP contribution in [0, 0.1) is 5.92 Å². The molecule has 0 radical (unpaired) electrons. The molecule has 8 heteroatoms. The average Bonchev–Trinajstić information content (AvgIpc) is 2.48. The number of hydrogen-bond acceptors (Lipinski definition) is 4. The largest absolute Gasteiger partial charge is 0.326 e. The fourth-order valence-electron chi connectivity index (χ4n) is 1.87. The van der Waals surface area contributed by atoms with Gasteiger partial charge in [0.15, 0.2) is 0 Å². The quantitative estimate of drug-likeness (QED) is 0.629. The summed E-state index contributed by atoms with van der Waals surface area (Å²) in [7, 11) is -3.28. The topological polar surface area (TPSA) is 104 Å². The molecule has 1 aromatic carbocycles. The van der Waals surface area contributed by atoms with Gasteiger partial charge in [-0.1, -0.05) is 13.8 Å². The molecule has 0 spiro atoms. The number of carbonyl (C=O) groups is 2. The third-order valence-corrected chi connectivity index (χ3v) is 4.50. The van der Waals surface area contributed by atoms with Crippen LogP contribution in [-0.4, -0.2) is 32.5 Å². The SMILES string of the molecule is CCS(=O)(=O)NCCC(=O)Nc1ccc(NC(=O)CC(C)C)cc1. The van der Waals surface area contributed by atoms with E-state index in [2.05, 4.69) is 15.4 Å². The number of hydrogen-bond donors (Lipinski definition) is 3. The van der Waals surface area contributed by atoms with Crippen LogP contribution in [0.4, 0.5) is 11.4 Å². The molecule has 7 nitrogen and oxygen atoms in total. The molecule has 0 bridgehead atoms. The zero-order valence-electron chi connectivity index (χ0n) is 14.3.